The van der Waals surface area contributed by atoms with Crippen molar-refractivity contribution in [3.63, 3.8) is 0 Å². The Bertz CT molecular complexity index is 461. The molecule has 1 fully saturated rings. The molecular weight excluding hydrogens is 234 g/mol. The van der Waals surface area contributed by atoms with E-state index in [0.717, 1.165) is 38.4 Å². The molecule has 2 aliphatic rings. The Hall–Kier alpha value is -1.35. The zero-order valence-electron chi connectivity index (χ0n) is 11.7. The number of fused-ring (bicyclic) bond motifs is 1. The SMILES string of the molecule is CN1CCN(C(=N)C2CCCc3ccccc32)CC1. The lowest BCUT2D eigenvalue weighted by molar-refractivity contribution is 0.210. The van der Waals surface area contributed by atoms with Crippen LogP contribution in [-0.2, 0) is 6.42 Å². The normalized spacial score (nSPS) is 24.1. The van der Waals surface area contributed by atoms with Gasteiger partial charge < -0.3 is 9.80 Å². The van der Waals surface area contributed by atoms with Crippen molar-refractivity contribution in [1.29, 1.82) is 5.41 Å². The summed E-state index contributed by atoms with van der Waals surface area (Å²) in [6.45, 7) is 4.18. The lowest BCUT2D eigenvalue weighted by Crippen LogP contribution is -2.48. The number of piperazine rings is 1. The third-order valence-corrected chi connectivity index (χ3v) is 4.54. The summed E-state index contributed by atoms with van der Waals surface area (Å²) in [6.07, 6.45) is 3.54. The minimum Gasteiger partial charge on any atom is -0.357 e. The summed E-state index contributed by atoms with van der Waals surface area (Å²) in [5.74, 6) is 1.17. The van der Waals surface area contributed by atoms with Gasteiger partial charge in [0.05, 0.1) is 0 Å². The van der Waals surface area contributed by atoms with E-state index in [-0.39, 0.29) is 0 Å². The summed E-state index contributed by atoms with van der Waals surface area (Å²) in [7, 11) is 2.16. The minimum absolute atomic E-state index is 0.327. The summed E-state index contributed by atoms with van der Waals surface area (Å²) >= 11 is 0. The van der Waals surface area contributed by atoms with E-state index in [4.69, 9.17) is 5.41 Å². The third kappa shape index (κ3) is 2.52. The van der Waals surface area contributed by atoms with Crippen LogP contribution in [-0.4, -0.2) is 48.9 Å². The molecule has 0 radical (unpaired) electrons. The van der Waals surface area contributed by atoms with Gasteiger partial charge in [0.1, 0.15) is 5.84 Å². The smallest absolute Gasteiger partial charge is 0.104 e. The van der Waals surface area contributed by atoms with Gasteiger partial charge in [-0.2, -0.15) is 0 Å². The van der Waals surface area contributed by atoms with Gasteiger partial charge in [-0.05, 0) is 37.4 Å². The number of hydrogen-bond donors (Lipinski definition) is 1. The van der Waals surface area contributed by atoms with Gasteiger partial charge in [0.15, 0.2) is 0 Å². The maximum Gasteiger partial charge on any atom is 0.104 e. The van der Waals surface area contributed by atoms with Gasteiger partial charge in [-0.3, -0.25) is 5.41 Å². The molecule has 1 aromatic carbocycles. The standard InChI is InChI=1S/C16H23N3/c1-18-9-11-19(12-10-18)16(17)15-8-4-6-13-5-2-3-7-14(13)15/h2-3,5,7,15,17H,4,6,8-12H2,1H3. The molecule has 19 heavy (non-hydrogen) atoms. The molecule has 0 amide bonds. The molecule has 0 saturated carbocycles. The molecule has 1 atom stereocenters. The van der Waals surface area contributed by atoms with Gasteiger partial charge in [0.25, 0.3) is 0 Å². The highest BCUT2D eigenvalue weighted by Crippen LogP contribution is 2.33. The molecule has 102 valence electrons. The maximum absolute atomic E-state index is 8.58. The van der Waals surface area contributed by atoms with Gasteiger partial charge in [-0.15, -0.1) is 0 Å². The quantitative estimate of drug-likeness (QED) is 0.618. The van der Waals surface area contributed by atoms with Crippen LogP contribution in [0.2, 0.25) is 0 Å². The average molecular weight is 257 g/mol. The molecule has 1 aliphatic carbocycles. The fourth-order valence-electron chi connectivity index (χ4n) is 3.31. The van der Waals surface area contributed by atoms with Crippen LogP contribution in [0.5, 0.6) is 0 Å². The van der Waals surface area contributed by atoms with Crippen molar-refractivity contribution in [3.8, 4) is 0 Å². The maximum atomic E-state index is 8.58. The molecule has 1 saturated heterocycles. The Morgan fingerprint density at radius 3 is 2.68 bits per heavy atom. The van der Waals surface area contributed by atoms with E-state index in [2.05, 4.69) is 41.1 Å². The van der Waals surface area contributed by atoms with Crippen molar-refractivity contribution in [2.24, 2.45) is 0 Å². The van der Waals surface area contributed by atoms with Crippen LogP contribution in [0.4, 0.5) is 0 Å². The van der Waals surface area contributed by atoms with E-state index in [1.807, 2.05) is 0 Å². The third-order valence-electron chi connectivity index (χ3n) is 4.54. The first-order valence-corrected chi connectivity index (χ1v) is 7.35. The molecule has 3 rings (SSSR count). The van der Waals surface area contributed by atoms with Crippen LogP contribution in [0.15, 0.2) is 24.3 Å². The second kappa shape index (κ2) is 5.33. The fraction of sp³-hybridized carbons (Fsp3) is 0.562. The Kier molecular flexibility index (Phi) is 3.56. The molecule has 0 bridgehead atoms. The second-order valence-electron chi connectivity index (χ2n) is 5.82. The zero-order chi connectivity index (χ0) is 13.2. The van der Waals surface area contributed by atoms with Crippen molar-refractivity contribution < 1.29 is 0 Å². The van der Waals surface area contributed by atoms with Crippen LogP contribution < -0.4 is 0 Å². The van der Waals surface area contributed by atoms with Gasteiger partial charge in [-0.25, -0.2) is 0 Å². The van der Waals surface area contributed by atoms with E-state index in [0.29, 0.717) is 5.92 Å². The molecule has 0 aromatic heterocycles. The molecule has 1 aromatic rings. The van der Waals surface area contributed by atoms with E-state index < -0.39 is 0 Å². The molecular formula is C16H23N3. The lowest BCUT2D eigenvalue weighted by atomic mass is 9.81. The highest BCUT2D eigenvalue weighted by Gasteiger charge is 2.28. The first kappa shape index (κ1) is 12.7. The van der Waals surface area contributed by atoms with Crippen LogP contribution in [0, 0.1) is 5.41 Å². The zero-order valence-corrected chi connectivity index (χ0v) is 11.7. The number of benzene rings is 1. The Morgan fingerprint density at radius 2 is 1.89 bits per heavy atom. The summed E-state index contributed by atoms with van der Waals surface area (Å²) in [5, 5.41) is 8.58. The van der Waals surface area contributed by atoms with Crippen LogP contribution >= 0.6 is 0 Å². The molecule has 3 heteroatoms. The molecule has 0 spiro atoms. The van der Waals surface area contributed by atoms with Crippen molar-refractivity contribution in [2.75, 3.05) is 33.2 Å². The van der Waals surface area contributed by atoms with Crippen molar-refractivity contribution in [2.45, 2.75) is 25.2 Å². The van der Waals surface area contributed by atoms with Crippen LogP contribution in [0.25, 0.3) is 0 Å². The van der Waals surface area contributed by atoms with Crippen molar-refractivity contribution >= 4 is 5.84 Å². The van der Waals surface area contributed by atoms with E-state index in [9.17, 15) is 0 Å². The molecule has 1 N–H and O–H groups in total. The fourth-order valence-corrected chi connectivity index (χ4v) is 3.31. The van der Waals surface area contributed by atoms with Crippen LogP contribution in [0.3, 0.4) is 0 Å². The summed E-state index contributed by atoms with van der Waals surface area (Å²) in [5.41, 5.74) is 2.86. The Labute approximate surface area is 115 Å². The predicted octanol–water partition coefficient (Wildman–Crippen LogP) is 2.33. The number of rotatable bonds is 1. The van der Waals surface area contributed by atoms with Gasteiger partial charge in [-0.1, -0.05) is 24.3 Å². The lowest BCUT2D eigenvalue weighted by Gasteiger charge is -2.38. The Balaban J connectivity index is 1.78. The average Bonchev–Trinajstić information content (AvgIpc) is 2.47. The van der Waals surface area contributed by atoms with E-state index >= 15 is 0 Å². The van der Waals surface area contributed by atoms with E-state index in [1.54, 1.807) is 0 Å². The highest BCUT2D eigenvalue weighted by molar-refractivity contribution is 5.87. The largest absolute Gasteiger partial charge is 0.357 e. The predicted molar refractivity (Wildman–Crippen MR) is 78.9 cm³/mol. The Morgan fingerprint density at radius 1 is 1.16 bits per heavy atom. The topological polar surface area (TPSA) is 30.3 Å². The summed E-state index contributed by atoms with van der Waals surface area (Å²) in [4.78, 5) is 4.63. The van der Waals surface area contributed by atoms with E-state index in [1.165, 1.54) is 24.0 Å². The number of nitrogens with one attached hydrogen (secondary N) is 1. The van der Waals surface area contributed by atoms with Gasteiger partial charge in [0.2, 0.25) is 0 Å². The first-order valence-electron chi connectivity index (χ1n) is 7.35. The first-order chi connectivity index (χ1) is 9.25. The number of nitrogens with zero attached hydrogens (tertiary/aromatic N) is 2. The molecule has 1 aliphatic heterocycles. The number of aryl methyl sites for hydroxylation is 1. The number of hydrogen-bond acceptors (Lipinski definition) is 2. The highest BCUT2D eigenvalue weighted by atomic mass is 15.3. The second-order valence-corrected chi connectivity index (χ2v) is 5.82. The summed E-state index contributed by atoms with van der Waals surface area (Å²) < 4.78 is 0. The van der Waals surface area contributed by atoms with Crippen molar-refractivity contribution in [1.82, 2.24) is 9.80 Å². The van der Waals surface area contributed by atoms with Crippen LogP contribution in [0.1, 0.15) is 29.9 Å². The summed E-state index contributed by atoms with van der Waals surface area (Å²) in [6, 6.07) is 8.71. The molecule has 3 nitrogen and oxygen atoms in total. The van der Waals surface area contributed by atoms with Gasteiger partial charge >= 0.3 is 0 Å². The molecule has 1 unspecified atom stereocenters. The van der Waals surface area contributed by atoms with Gasteiger partial charge in [0, 0.05) is 32.1 Å². The monoisotopic (exact) mass is 257 g/mol. The minimum atomic E-state index is 0.327. The number of amidine groups is 1. The van der Waals surface area contributed by atoms with Crippen molar-refractivity contribution in [3.05, 3.63) is 35.4 Å². The number of likely N-dealkylation sites (N-methyl/N-ethyl adjacent to an activating group) is 1. The molecule has 1 heterocycles.